The van der Waals surface area contributed by atoms with Crippen molar-refractivity contribution in [2.45, 2.75) is 39.2 Å². The SMILES string of the molecule is COc1ccc(Cl)cc1N(CC(=O)N[C@@H](C)c1ccc(C(C)(C)C)cc1)S(C)(=O)=O. The summed E-state index contributed by atoms with van der Waals surface area (Å²) in [5.74, 6) is -0.127. The highest BCUT2D eigenvalue weighted by Gasteiger charge is 2.25. The summed E-state index contributed by atoms with van der Waals surface area (Å²) in [6.07, 6.45) is 1.04. The molecule has 0 saturated heterocycles. The van der Waals surface area contributed by atoms with Gasteiger partial charge in [-0.05, 0) is 41.7 Å². The molecule has 0 aliphatic carbocycles. The summed E-state index contributed by atoms with van der Waals surface area (Å²) in [7, 11) is -2.32. The molecule has 0 aromatic heterocycles. The number of ether oxygens (including phenoxy) is 1. The van der Waals surface area contributed by atoms with Gasteiger partial charge in [0.2, 0.25) is 15.9 Å². The zero-order valence-electron chi connectivity index (χ0n) is 18.2. The van der Waals surface area contributed by atoms with Crippen molar-refractivity contribution in [2.75, 3.05) is 24.2 Å². The highest BCUT2D eigenvalue weighted by molar-refractivity contribution is 7.92. The first-order valence-corrected chi connectivity index (χ1v) is 11.8. The Kier molecular flexibility index (Phi) is 7.42. The lowest BCUT2D eigenvalue weighted by molar-refractivity contribution is -0.120. The van der Waals surface area contributed by atoms with Gasteiger partial charge in [0.25, 0.3) is 0 Å². The molecule has 8 heteroatoms. The Morgan fingerprint density at radius 3 is 2.27 bits per heavy atom. The number of carbonyl (C=O) groups excluding carboxylic acids is 1. The normalized spacial score (nSPS) is 12.9. The van der Waals surface area contributed by atoms with Crippen LogP contribution in [0.1, 0.15) is 44.9 Å². The average Bonchev–Trinajstić information content (AvgIpc) is 2.64. The molecule has 0 heterocycles. The monoisotopic (exact) mass is 452 g/mol. The summed E-state index contributed by atoms with van der Waals surface area (Å²) in [5.41, 5.74) is 2.38. The number of nitrogens with one attached hydrogen (secondary N) is 1. The lowest BCUT2D eigenvalue weighted by Gasteiger charge is -2.25. The Balaban J connectivity index is 2.20. The lowest BCUT2D eigenvalue weighted by atomic mass is 9.86. The zero-order valence-corrected chi connectivity index (χ0v) is 19.8. The molecular weight excluding hydrogens is 424 g/mol. The molecule has 6 nitrogen and oxygen atoms in total. The standard InChI is InChI=1S/C22H29ClN2O4S/c1-15(16-7-9-17(10-8-16)22(2,3)4)24-21(26)14-25(30(6,27)28)19-13-18(23)11-12-20(19)29-5/h7-13,15H,14H2,1-6H3,(H,24,26)/t15-/m0/s1. The molecule has 0 aliphatic heterocycles. The largest absolute Gasteiger partial charge is 0.495 e. The number of anilines is 1. The highest BCUT2D eigenvalue weighted by Crippen LogP contribution is 2.32. The smallest absolute Gasteiger partial charge is 0.241 e. The van der Waals surface area contributed by atoms with Crippen molar-refractivity contribution in [1.82, 2.24) is 5.32 Å². The number of rotatable bonds is 7. The maximum atomic E-state index is 12.7. The first-order chi connectivity index (χ1) is 13.8. The van der Waals surface area contributed by atoms with Gasteiger partial charge in [0.05, 0.1) is 25.1 Å². The Hall–Kier alpha value is -2.25. The van der Waals surface area contributed by atoms with E-state index in [1.165, 1.54) is 18.7 Å². The van der Waals surface area contributed by atoms with Gasteiger partial charge >= 0.3 is 0 Å². The number of hydrogen-bond acceptors (Lipinski definition) is 4. The number of benzene rings is 2. The van der Waals surface area contributed by atoms with Gasteiger partial charge in [0.1, 0.15) is 12.3 Å². The van der Waals surface area contributed by atoms with E-state index in [1.807, 2.05) is 31.2 Å². The minimum atomic E-state index is -3.75. The molecule has 2 aromatic carbocycles. The lowest BCUT2D eigenvalue weighted by Crippen LogP contribution is -2.41. The molecule has 0 spiro atoms. The van der Waals surface area contributed by atoms with Crippen molar-refractivity contribution < 1.29 is 17.9 Å². The maximum Gasteiger partial charge on any atom is 0.241 e. The third-order valence-corrected chi connectivity index (χ3v) is 6.11. The van der Waals surface area contributed by atoms with Crippen LogP contribution in [0.15, 0.2) is 42.5 Å². The van der Waals surface area contributed by atoms with Crippen molar-refractivity contribution >= 4 is 33.2 Å². The minimum absolute atomic E-state index is 0.0387. The summed E-state index contributed by atoms with van der Waals surface area (Å²) in [5, 5.41) is 3.20. The quantitative estimate of drug-likeness (QED) is 0.679. The second kappa shape index (κ2) is 9.27. The summed E-state index contributed by atoms with van der Waals surface area (Å²) >= 11 is 6.04. The van der Waals surface area contributed by atoms with Crippen LogP contribution in [-0.4, -0.2) is 34.2 Å². The van der Waals surface area contributed by atoms with Crippen LogP contribution in [0, 0.1) is 0 Å². The third kappa shape index (κ3) is 6.12. The Bertz CT molecular complexity index is 999. The van der Waals surface area contributed by atoms with Crippen molar-refractivity contribution in [3.63, 3.8) is 0 Å². The van der Waals surface area contributed by atoms with Gasteiger partial charge in [0.15, 0.2) is 0 Å². The van der Waals surface area contributed by atoms with Crippen molar-refractivity contribution in [3.05, 3.63) is 58.6 Å². The Morgan fingerprint density at radius 2 is 1.77 bits per heavy atom. The van der Waals surface area contributed by atoms with E-state index >= 15 is 0 Å². The summed E-state index contributed by atoms with van der Waals surface area (Å²) in [6, 6.07) is 12.4. The number of hydrogen-bond donors (Lipinski definition) is 1. The summed E-state index contributed by atoms with van der Waals surface area (Å²) in [4.78, 5) is 12.7. The Labute approximate surface area is 184 Å². The first-order valence-electron chi connectivity index (χ1n) is 9.54. The summed E-state index contributed by atoms with van der Waals surface area (Å²) < 4.78 is 31.0. The molecule has 1 atom stereocenters. The Morgan fingerprint density at radius 1 is 1.17 bits per heavy atom. The summed E-state index contributed by atoms with van der Waals surface area (Å²) in [6.45, 7) is 7.87. The number of nitrogens with zero attached hydrogens (tertiary/aromatic N) is 1. The van der Waals surface area contributed by atoms with E-state index in [0.717, 1.165) is 16.1 Å². The van der Waals surface area contributed by atoms with Crippen LogP contribution in [0.5, 0.6) is 5.75 Å². The fourth-order valence-corrected chi connectivity index (χ4v) is 4.03. The molecule has 1 N–H and O–H groups in total. The molecule has 0 aliphatic rings. The molecule has 0 unspecified atom stereocenters. The fraction of sp³-hybridized carbons (Fsp3) is 0.409. The molecule has 0 fully saturated rings. The molecule has 2 rings (SSSR count). The second-order valence-corrected chi connectivity index (χ2v) is 10.6. The average molecular weight is 453 g/mol. The van der Waals surface area contributed by atoms with E-state index in [9.17, 15) is 13.2 Å². The van der Waals surface area contributed by atoms with E-state index in [0.29, 0.717) is 10.8 Å². The van der Waals surface area contributed by atoms with E-state index in [2.05, 4.69) is 26.1 Å². The number of amides is 1. The predicted octanol–water partition coefficient (Wildman–Crippen LogP) is 4.29. The maximum absolute atomic E-state index is 12.7. The van der Waals surface area contributed by atoms with Gasteiger partial charge in [-0.3, -0.25) is 9.10 Å². The topological polar surface area (TPSA) is 75.7 Å². The van der Waals surface area contributed by atoms with Crippen LogP contribution >= 0.6 is 11.6 Å². The van der Waals surface area contributed by atoms with Crippen LogP contribution in [0.2, 0.25) is 5.02 Å². The molecule has 0 saturated carbocycles. The number of sulfonamides is 1. The van der Waals surface area contributed by atoms with E-state index in [-0.39, 0.29) is 23.7 Å². The number of halogens is 1. The number of carbonyl (C=O) groups is 1. The van der Waals surface area contributed by atoms with Crippen LogP contribution < -0.4 is 14.4 Å². The van der Waals surface area contributed by atoms with Crippen molar-refractivity contribution in [3.8, 4) is 5.75 Å². The molecule has 2 aromatic rings. The van der Waals surface area contributed by atoms with Crippen LogP contribution in [0.25, 0.3) is 0 Å². The molecule has 0 radical (unpaired) electrons. The van der Waals surface area contributed by atoms with E-state index in [4.69, 9.17) is 16.3 Å². The van der Waals surface area contributed by atoms with Crippen LogP contribution in [0.4, 0.5) is 5.69 Å². The van der Waals surface area contributed by atoms with Crippen molar-refractivity contribution in [2.24, 2.45) is 0 Å². The van der Waals surface area contributed by atoms with Gasteiger partial charge in [-0.1, -0.05) is 56.6 Å². The van der Waals surface area contributed by atoms with E-state index in [1.54, 1.807) is 12.1 Å². The van der Waals surface area contributed by atoms with Gasteiger partial charge < -0.3 is 10.1 Å². The van der Waals surface area contributed by atoms with Gasteiger partial charge in [-0.25, -0.2) is 8.42 Å². The van der Waals surface area contributed by atoms with Gasteiger partial charge in [0, 0.05) is 5.02 Å². The van der Waals surface area contributed by atoms with Gasteiger partial charge in [-0.2, -0.15) is 0 Å². The molecule has 0 bridgehead atoms. The zero-order chi connectivity index (χ0) is 22.7. The fourth-order valence-electron chi connectivity index (χ4n) is 3.01. The number of methoxy groups -OCH3 is 1. The molecule has 30 heavy (non-hydrogen) atoms. The second-order valence-electron chi connectivity index (χ2n) is 8.25. The van der Waals surface area contributed by atoms with Crippen molar-refractivity contribution in [1.29, 1.82) is 0 Å². The van der Waals surface area contributed by atoms with Crippen LogP contribution in [-0.2, 0) is 20.2 Å². The van der Waals surface area contributed by atoms with Gasteiger partial charge in [-0.15, -0.1) is 0 Å². The first kappa shape index (κ1) is 24.0. The van der Waals surface area contributed by atoms with Crippen LogP contribution in [0.3, 0.4) is 0 Å². The molecule has 1 amide bonds. The third-order valence-electron chi connectivity index (χ3n) is 4.75. The predicted molar refractivity (Wildman–Crippen MR) is 122 cm³/mol. The molecule has 164 valence electrons. The highest BCUT2D eigenvalue weighted by atomic mass is 35.5. The van der Waals surface area contributed by atoms with E-state index < -0.39 is 15.9 Å². The minimum Gasteiger partial charge on any atom is -0.495 e. The molecular formula is C22H29ClN2O4S.